The Morgan fingerprint density at radius 3 is 2.65 bits per heavy atom. The Morgan fingerprint density at radius 1 is 1.30 bits per heavy atom. The third-order valence-corrected chi connectivity index (χ3v) is 3.28. The summed E-state index contributed by atoms with van der Waals surface area (Å²) >= 11 is 11.9. The topological polar surface area (TPSA) is 80.9 Å². The van der Waals surface area contributed by atoms with Crippen molar-refractivity contribution in [2.75, 3.05) is 5.73 Å². The summed E-state index contributed by atoms with van der Waals surface area (Å²) in [6.45, 7) is 1.81. The predicted molar refractivity (Wildman–Crippen MR) is 78.8 cm³/mol. The number of nitrogens with one attached hydrogen (secondary N) is 1. The molecule has 5 nitrogen and oxygen atoms in total. The lowest BCUT2D eigenvalue weighted by molar-refractivity contribution is 0.0935. The summed E-state index contributed by atoms with van der Waals surface area (Å²) < 4.78 is 0. The second kappa shape index (κ2) is 6.07. The monoisotopic (exact) mass is 310 g/mol. The maximum Gasteiger partial charge on any atom is 0.274 e. The Hall–Kier alpha value is -1.85. The summed E-state index contributed by atoms with van der Waals surface area (Å²) in [6, 6.07) is 4.78. The second-order valence-corrected chi connectivity index (χ2v) is 4.99. The zero-order valence-corrected chi connectivity index (χ0v) is 12.1. The average Bonchev–Trinajstić information content (AvgIpc) is 2.38. The van der Waals surface area contributed by atoms with Gasteiger partial charge in [-0.25, -0.2) is 9.97 Å². The number of nitrogen functional groups attached to an aromatic ring is 1. The fourth-order valence-corrected chi connectivity index (χ4v) is 2.29. The molecule has 1 unspecified atom stereocenters. The number of benzene rings is 1. The minimum atomic E-state index is -0.408. The van der Waals surface area contributed by atoms with Crippen LogP contribution in [0.3, 0.4) is 0 Å². The Bertz CT molecular complexity index is 648. The standard InChI is InChI=1S/C13H12Cl2N4O/c1-7(9-3-2-8(14)6-10(9)15)19-13(20)11-12(16)18-5-4-17-11/h2-7H,1H3,(H2,16,18)(H,19,20). The molecule has 0 saturated carbocycles. The number of anilines is 1. The lowest BCUT2D eigenvalue weighted by Gasteiger charge is -2.16. The van der Waals surface area contributed by atoms with E-state index in [1.165, 1.54) is 12.4 Å². The SMILES string of the molecule is CC(NC(=O)c1nccnc1N)c1ccc(Cl)cc1Cl. The van der Waals surface area contributed by atoms with E-state index in [4.69, 9.17) is 28.9 Å². The first-order chi connectivity index (χ1) is 9.49. The normalized spacial score (nSPS) is 11.9. The van der Waals surface area contributed by atoms with E-state index in [1.807, 2.05) is 0 Å². The average molecular weight is 311 g/mol. The molecule has 0 radical (unpaired) electrons. The van der Waals surface area contributed by atoms with Crippen LogP contribution < -0.4 is 11.1 Å². The number of rotatable bonds is 3. The minimum absolute atomic E-state index is 0.0828. The number of nitrogens with zero attached hydrogens (tertiary/aromatic N) is 2. The second-order valence-electron chi connectivity index (χ2n) is 4.15. The Kier molecular flexibility index (Phi) is 4.42. The molecule has 0 bridgehead atoms. The molecule has 0 aliphatic rings. The van der Waals surface area contributed by atoms with Gasteiger partial charge in [-0.2, -0.15) is 0 Å². The van der Waals surface area contributed by atoms with Gasteiger partial charge in [0.25, 0.3) is 5.91 Å². The number of aromatic nitrogens is 2. The largest absolute Gasteiger partial charge is 0.382 e. The van der Waals surface area contributed by atoms with Crippen LogP contribution in [-0.4, -0.2) is 15.9 Å². The zero-order chi connectivity index (χ0) is 14.7. The van der Waals surface area contributed by atoms with Gasteiger partial charge in [-0.3, -0.25) is 4.79 Å². The summed E-state index contributed by atoms with van der Waals surface area (Å²) in [5, 5.41) is 3.79. The van der Waals surface area contributed by atoms with Crippen molar-refractivity contribution in [3.05, 3.63) is 51.9 Å². The lowest BCUT2D eigenvalue weighted by atomic mass is 10.1. The molecule has 7 heteroatoms. The molecule has 0 aliphatic carbocycles. The molecule has 104 valence electrons. The Morgan fingerprint density at radius 2 is 2.00 bits per heavy atom. The van der Waals surface area contributed by atoms with E-state index in [1.54, 1.807) is 25.1 Å². The molecule has 1 aromatic heterocycles. The summed E-state index contributed by atoms with van der Waals surface area (Å²) in [5.74, 6) is -0.325. The van der Waals surface area contributed by atoms with E-state index in [9.17, 15) is 4.79 Å². The van der Waals surface area contributed by atoms with Crippen LogP contribution in [0.4, 0.5) is 5.82 Å². The highest BCUT2D eigenvalue weighted by Gasteiger charge is 2.17. The molecule has 3 N–H and O–H groups in total. The molecule has 1 aromatic carbocycles. The summed E-state index contributed by atoms with van der Waals surface area (Å²) in [4.78, 5) is 19.8. The van der Waals surface area contributed by atoms with Crippen molar-refractivity contribution in [2.45, 2.75) is 13.0 Å². The quantitative estimate of drug-likeness (QED) is 0.913. The van der Waals surface area contributed by atoms with Gasteiger partial charge in [0, 0.05) is 22.4 Å². The molecule has 1 atom stereocenters. The Balaban J connectivity index is 2.17. The van der Waals surface area contributed by atoms with Crippen LogP contribution in [0.1, 0.15) is 29.0 Å². The van der Waals surface area contributed by atoms with Crippen LogP contribution in [0, 0.1) is 0 Å². The number of amides is 1. The number of carbonyl (C=O) groups is 1. The first kappa shape index (κ1) is 14.6. The number of hydrogen-bond acceptors (Lipinski definition) is 4. The first-order valence-corrected chi connectivity index (χ1v) is 6.57. The van der Waals surface area contributed by atoms with Gasteiger partial charge < -0.3 is 11.1 Å². The fourth-order valence-electron chi connectivity index (χ4n) is 1.72. The predicted octanol–water partition coefficient (Wildman–Crippen LogP) is 2.86. The molecule has 1 amide bonds. The van der Waals surface area contributed by atoms with Crippen LogP contribution in [0.5, 0.6) is 0 Å². The van der Waals surface area contributed by atoms with Gasteiger partial charge in [0.1, 0.15) is 0 Å². The van der Waals surface area contributed by atoms with Crippen molar-refractivity contribution < 1.29 is 4.79 Å². The number of hydrogen-bond donors (Lipinski definition) is 2. The van der Waals surface area contributed by atoms with Crippen LogP contribution in [0.25, 0.3) is 0 Å². The maximum atomic E-state index is 12.1. The highest BCUT2D eigenvalue weighted by Crippen LogP contribution is 2.26. The van der Waals surface area contributed by atoms with Gasteiger partial charge in [-0.1, -0.05) is 29.3 Å². The Labute approximate surface area is 126 Å². The van der Waals surface area contributed by atoms with Crippen LogP contribution in [-0.2, 0) is 0 Å². The number of halogens is 2. The highest BCUT2D eigenvalue weighted by atomic mass is 35.5. The maximum absolute atomic E-state index is 12.1. The van der Waals surface area contributed by atoms with E-state index in [-0.39, 0.29) is 17.6 Å². The fraction of sp³-hybridized carbons (Fsp3) is 0.154. The van der Waals surface area contributed by atoms with E-state index in [0.717, 1.165) is 5.56 Å². The molecule has 0 aliphatic heterocycles. The van der Waals surface area contributed by atoms with Crippen molar-refractivity contribution in [3.63, 3.8) is 0 Å². The van der Waals surface area contributed by atoms with Crippen molar-refractivity contribution in [1.29, 1.82) is 0 Å². The van der Waals surface area contributed by atoms with Gasteiger partial charge in [-0.15, -0.1) is 0 Å². The van der Waals surface area contributed by atoms with Gasteiger partial charge in [0.05, 0.1) is 6.04 Å². The van der Waals surface area contributed by atoms with Crippen molar-refractivity contribution in [2.24, 2.45) is 0 Å². The number of nitrogens with two attached hydrogens (primary N) is 1. The zero-order valence-electron chi connectivity index (χ0n) is 10.6. The molecular weight excluding hydrogens is 299 g/mol. The van der Waals surface area contributed by atoms with Crippen LogP contribution in [0.15, 0.2) is 30.6 Å². The summed E-state index contributed by atoms with van der Waals surface area (Å²) in [6.07, 6.45) is 2.83. The molecule has 1 heterocycles. The van der Waals surface area contributed by atoms with Gasteiger partial charge in [-0.05, 0) is 24.6 Å². The third kappa shape index (κ3) is 3.18. The molecule has 2 rings (SSSR count). The summed E-state index contributed by atoms with van der Waals surface area (Å²) in [5.41, 5.74) is 6.45. The third-order valence-electron chi connectivity index (χ3n) is 2.72. The van der Waals surface area contributed by atoms with Gasteiger partial charge in [0.2, 0.25) is 0 Å². The highest BCUT2D eigenvalue weighted by molar-refractivity contribution is 6.35. The van der Waals surface area contributed by atoms with Crippen molar-refractivity contribution in [1.82, 2.24) is 15.3 Å². The van der Waals surface area contributed by atoms with E-state index < -0.39 is 5.91 Å². The molecule has 20 heavy (non-hydrogen) atoms. The molecular formula is C13H12Cl2N4O. The first-order valence-electron chi connectivity index (χ1n) is 5.81. The van der Waals surface area contributed by atoms with Crippen LogP contribution in [0.2, 0.25) is 10.0 Å². The molecule has 0 spiro atoms. The minimum Gasteiger partial charge on any atom is -0.382 e. The van der Waals surface area contributed by atoms with E-state index >= 15 is 0 Å². The van der Waals surface area contributed by atoms with Crippen molar-refractivity contribution >= 4 is 34.9 Å². The van der Waals surface area contributed by atoms with Crippen LogP contribution >= 0.6 is 23.2 Å². The number of carbonyl (C=O) groups excluding carboxylic acids is 1. The molecule has 0 saturated heterocycles. The van der Waals surface area contributed by atoms with Crippen molar-refractivity contribution in [3.8, 4) is 0 Å². The van der Waals surface area contributed by atoms with Gasteiger partial charge in [0.15, 0.2) is 11.5 Å². The smallest absolute Gasteiger partial charge is 0.274 e. The van der Waals surface area contributed by atoms with Gasteiger partial charge >= 0.3 is 0 Å². The van der Waals surface area contributed by atoms with E-state index in [2.05, 4.69) is 15.3 Å². The van der Waals surface area contributed by atoms with E-state index in [0.29, 0.717) is 10.0 Å². The lowest BCUT2D eigenvalue weighted by Crippen LogP contribution is -2.28. The molecule has 2 aromatic rings. The molecule has 0 fully saturated rings. The summed E-state index contributed by atoms with van der Waals surface area (Å²) in [7, 11) is 0.